The molecule has 2 aromatic heterocycles. The molecule has 0 amide bonds. The van der Waals surface area contributed by atoms with Gasteiger partial charge in [-0.1, -0.05) is 37.3 Å². The van der Waals surface area contributed by atoms with Crippen LogP contribution in [0.4, 0.5) is 5.95 Å². The molecule has 0 atom stereocenters. The molecule has 160 valence electrons. The number of hydrazone groups is 1. The number of aryl methyl sites for hydroxylation is 1. The predicted molar refractivity (Wildman–Crippen MR) is 124 cm³/mol. The topological polar surface area (TPSA) is 81.7 Å². The average Bonchev–Trinajstić information content (AvgIpc) is 3.18. The fraction of sp³-hybridized carbons (Fsp3) is 0.292. The smallest absolute Gasteiger partial charge is 0.262 e. The van der Waals surface area contributed by atoms with Gasteiger partial charge in [-0.15, -0.1) is 0 Å². The fourth-order valence-electron chi connectivity index (χ4n) is 3.75. The molecule has 0 radical (unpaired) electrons. The Morgan fingerprint density at radius 1 is 1.16 bits per heavy atom. The monoisotopic (exact) mass is 418 g/mol. The van der Waals surface area contributed by atoms with Gasteiger partial charge < -0.3 is 9.15 Å². The number of hydrogen-bond donors (Lipinski definition) is 1. The number of hydrogen-bond acceptors (Lipinski definition) is 6. The molecule has 2 aromatic carbocycles. The summed E-state index contributed by atoms with van der Waals surface area (Å²) in [5.74, 6) is 1.14. The Kier molecular flexibility index (Phi) is 6.13. The van der Waals surface area contributed by atoms with Crippen LogP contribution in [0.2, 0.25) is 0 Å². The maximum absolute atomic E-state index is 13.1. The molecule has 0 aliphatic carbocycles. The van der Waals surface area contributed by atoms with Gasteiger partial charge in [0.25, 0.3) is 5.56 Å². The lowest BCUT2D eigenvalue weighted by atomic mass is 10.1. The summed E-state index contributed by atoms with van der Waals surface area (Å²) in [7, 11) is 1.65. The zero-order valence-electron chi connectivity index (χ0n) is 18.0. The molecule has 0 saturated heterocycles. The lowest BCUT2D eigenvalue weighted by Gasteiger charge is -2.13. The number of furan rings is 1. The highest BCUT2D eigenvalue weighted by Crippen LogP contribution is 2.27. The standard InChI is InChI=1S/C24H26N4O3/c1-4-17-18-10-6-8-13-21(18)31-22(17)16(2)26-27-24-25-20-12-7-5-11-19(20)23(29)28(24)14-9-15-30-3/h5-8,10-13H,4,9,14-15H2,1-3H3,(H,25,27)/b26-16-. The van der Waals surface area contributed by atoms with E-state index >= 15 is 0 Å². The van der Waals surface area contributed by atoms with Gasteiger partial charge in [-0.25, -0.2) is 10.4 Å². The van der Waals surface area contributed by atoms with Crippen LogP contribution in [0.15, 0.2) is 62.8 Å². The third kappa shape index (κ3) is 4.09. The molecule has 4 rings (SSSR count). The molecule has 0 fully saturated rings. The van der Waals surface area contributed by atoms with Crippen LogP contribution < -0.4 is 11.0 Å². The van der Waals surface area contributed by atoms with Crippen LogP contribution in [0.5, 0.6) is 0 Å². The Morgan fingerprint density at radius 3 is 2.68 bits per heavy atom. The minimum Gasteiger partial charge on any atom is -0.454 e. The molecule has 0 spiro atoms. The summed E-state index contributed by atoms with van der Waals surface area (Å²) in [5, 5.41) is 6.20. The first-order valence-corrected chi connectivity index (χ1v) is 10.4. The summed E-state index contributed by atoms with van der Waals surface area (Å²) in [6.07, 6.45) is 1.52. The SMILES string of the molecule is CCc1c(/C(C)=N\Nc2nc3ccccc3c(=O)n2CCCOC)oc2ccccc12. The van der Waals surface area contributed by atoms with E-state index in [2.05, 4.69) is 28.5 Å². The van der Waals surface area contributed by atoms with Gasteiger partial charge in [0, 0.05) is 31.2 Å². The van der Waals surface area contributed by atoms with Crippen LogP contribution in [0, 0.1) is 0 Å². The zero-order chi connectivity index (χ0) is 21.8. The molecule has 2 heterocycles. The number of ether oxygens (including phenoxy) is 1. The van der Waals surface area contributed by atoms with Crippen molar-refractivity contribution in [1.29, 1.82) is 0 Å². The fourth-order valence-corrected chi connectivity index (χ4v) is 3.75. The summed E-state index contributed by atoms with van der Waals surface area (Å²) < 4.78 is 12.8. The number of nitrogens with zero attached hydrogens (tertiary/aromatic N) is 3. The summed E-state index contributed by atoms with van der Waals surface area (Å²) in [4.78, 5) is 17.7. The van der Waals surface area contributed by atoms with Crippen LogP contribution in [-0.2, 0) is 17.7 Å². The highest BCUT2D eigenvalue weighted by Gasteiger charge is 2.16. The molecule has 4 aromatic rings. The lowest BCUT2D eigenvalue weighted by molar-refractivity contribution is 0.190. The van der Waals surface area contributed by atoms with E-state index in [0.29, 0.717) is 42.1 Å². The largest absolute Gasteiger partial charge is 0.454 e. The van der Waals surface area contributed by atoms with Crippen molar-refractivity contribution in [3.8, 4) is 0 Å². The van der Waals surface area contributed by atoms with Crippen LogP contribution in [-0.4, -0.2) is 29.0 Å². The molecule has 0 bridgehead atoms. The molecule has 0 unspecified atom stereocenters. The van der Waals surface area contributed by atoms with E-state index in [0.717, 1.165) is 28.7 Å². The lowest BCUT2D eigenvalue weighted by Crippen LogP contribution is -2.25. The number of nitrogens with one attached hydrogen (secondary N) is 1. The third-order valence-corrected chi connectivity index (χ3v) is 5.30. The van der Waals surface area contributed by atoms with E-state index in [1.807, 2.05) is 43.3 Å². The van der Waals surface area contributed by atoms with Crippen LogP contribution in [0.3, 0.4) is 0 Å². The predicted octanol–water partition coefficient (Wildman–Crippen LogP) is 4.58. The molecule has 0 aliphatic rings. The Bertz CT molecular complexity index is 1300. The van der Waals surface area contributed by atoms with Crippen molar-refractivity contribution in [1.82, 2.24) is 9.55 Å². The summed E-state index contributed by atoms with van der Waals surface area (Å²) in [6.45, 7) is 5.02. The maximum atomic E-state index is 13.1. The van der Waals surface area contributed by atoms with Crippen molar-refractivity contribution in [2.45, 2.75) is 33.2 Å². The summed E-state index contributed by atoms with van der Waals surface area (Å²) >= 11 is 0. The van der Waals surface area contributed by atoms with Crippen LogP contribution in [0.25, 0.3) is 21.9 Å². The Hall–Kier alpha value is -3.45. The van der Waals surface area contributed by atoms with E-state index in [4.69, 9.17) is 9.15 Å². The molecule has 7 nitrogen and oxygen atoms in total. The maximum Gasteiger partial charge on any atom is 0.262 e. The van der Waals surface area contributed by atoms with E-state index in [1.165, 1.54) is 0 Å². The van der Waals surface area contributed by atoms with Gasteiger partial charge in [0.05, 0.1) is 10.9 Å². The third-order valence-electron chi connectivity index (χ3n) is 5.30. The second-order valence-corrected chi connectivity index (χ2v) is 7.32. The van der Waals surface area contributed by atoms with Gasteiger partial charge in [-0.2, -0.15) is 5.10 Å². The summed E-state index contributed by atoms with van der Waals surface area (Å²) in [5.41, 5.74) is 6.18. The molecular weight excluding hydrogens is 392 g/mol. The second-order valence-electron chi connectivity index (χ2n) is 7.32. The van der Waals surface area contributed by atoms with Gasteiger partial charge in [-0.05, 0) is 38.0 Å². The first-order chi connectivity index (χ1) is 15.1. The molecule has 1 N–H and O–H groups in total. The first kappa shape index (κ1) is 20.8. The first-order valence-electron chi connectivity index (χ1n) is 10.4. The summed E-state index contributed by atoms with van der Waals surface area (Å²) in [6, 6.07) is 15.3. The molecule has 7 heteroatoms. The number of rotatable bonds is 8. The number of methoxy groups -OCH3 is 1. The van der Waals surface area contributed by atoms with Crippen molar-refractivity contribution in [2.24, 2.45) is 5.10 Å². The Morgan fingerprint density at radius 2 is 1.90 bits per heavy atom. The minimum atomic E-state index is -0.102. The molecule has 0 aliphatic heterocycles. The van der Waals surface area contributed by atoms with E-state index in [1.54, 1.807) is 17.7 Å². The van der Waals surface area contributed by atoms with Gasteiger partial charge >= 0.3 is 0 Å². The minimum absolute atomic E-state index is 0.102. The number of para-hydroxylation sites is 2. The average molecular weight is 418 g/mol. The van der Waals surface area contributed by atoms with Crippen molar-refractivity contribution in [2.75, 3.05) is 19.1 Å². The number of benzene rings is 2. The second kappa shape index (κ2) is 9.14. The van der Waals surface area contributed by atoms with E-state index in [-0.39, 0.29) is 5.56 Å². The van der Waals surface area contributed by atoms with Gasteiger partial charge in [0.2, 0.25) is 5.95 Å². The van der Waals surface area contributed by atoms with Crippen molar-refractivity contribution < 1.29 is 9.15 Å². The molecule has 0 saturated carbocycles. The Balaban J connectivity index is 1.73. The Labute approximate surface area is 180 Å². The van der Waals surface area contributed by atoms with Crippen LogP contribution >= 0.6 is 0 Å². The van der Waals surface area contributed by atoms with Crippen LogP contribution in [0.1, 0.15) is 31.6 Å². The van der Waals surface area contributed by atoms with Gasteiger partial charge in [0.15, 0.2) is 5.76 Å². The van der Waals surface area contributed by atoms with Crippen molar-refractivity contribution in [3.63, 3.8) is 0 Å². The van der Waals surface area contributed by atoms with Crippen molar-refractivity contribution in [3.05, 3.63) is 70.2 Å². The highest BCUT2D eigenvalue weighted by molar-refractivity contribution is 6.02. The van der Waals surface area contributed by atoms with Gasteiger partial charge in [0.1, 0.15) is 11.3 Å². The number of fused-ring (bicyclic) bond motifs is 2. The van der Waals surface area contributed by atoms with E-state index in [9.17, 15) is 4.79 Å². The number of anilines is 1. The quantitative estimate of drug-likeness (QED) is 0.257. The molecular formula is C24H26N4O3. The highest BCUT2D eigenvalue weighted by atomic mass is 16.5. The number of aromatic nitrogens is 2. The van der Waals surface area contributed by atoms with Gasteiger partial charge in [-0.3, -0.25) is 9.36 Å². The van der Waals surface area contributed by atoms with Crippen molar-refractivity contribution >= 4 is 33.5 Å². The van der Waals surface area contributed by atoms with E-state index < -0.39 is 0 Å². The zero-order valence-corrected chi connectivity index (χ0v) is 18.0. The normalized spacial score (nSPS) is 12.0. The molecule has 31 heavy (non-hydrogen) atoms.